The number of aliphatic hydroxyl groups is 1. The van der Waals surface area contributed by atoms with Crippen LogP contribution in [0.15, 0.2) is 109 Å². The van der Waals surface area contributed by atoms with Gasteiger partial charge in [-0.25, -0.2) is 34.5 Å². The first kappa shape index (κ1) is 107. The third-order valence-electron chi connectivity index (χ3n) is 11.4. The minimum absolute atomic E-state index is 0. The van der Waals surface area contributed by atoms with Crippen LogP contribution < -0.4 is 167 Å². The molecule has 4 N–H and O–H groups in total. The van der Waals surface area contributed by atoms with E-state index < -0.39 is 35.0 Å². The maximum absolute atomic E-state index is 12.7. The number of rotatable bonds is 17. The summed E-state index contributed by atoms with van der Waals surface area (Å²) in [5.74, 6) is 1.39. The van der Waals surface area contributed by atoms with Gasteiger partial charge in [0.05, 0.1) is 89.1 Å². The standard InChI is InChI=1S/C17H15ClN2O3.C11H14O4.C9H11ClN2O2.C8H7Cl2NO2.C7H9ClN2O.C7H7ClN2O.CH2O3.B.Cl2O2S.2K.Li.Mn.2O.2H/c1-20-15-8-16(18)19-9-11(15)6-14(17(20)21)10-4-12(22-2)7-13(5-10)23-3;1-13-9-4-8(6-11(12)15-3)5-10(7-9)14-2;1-3-14-9(13)6-5-12-8(10)4-7(6)11-2;1-2-13-8(12)5-4-11-7(10)3-6(5)9;2*1-9-6-2-7(8)10-3-5(6)4-11;2-1-4-3;;1-5(2,3)4;;;;;;;;/h4-9H,1-3H3;4-5,7H,6H2,1-3H3;4-5H,3H2,1-2H3,(H,11,12);3-4H,2H2,1H3;2-3,11H,4H2,1H3,(H,9,10);2-4H,1H3,(H,9,10);1,3H;;;;;;;;;;/q;;;;;;;;;3*+1;;;;2*-1/p-1. The predicted octanol–water partition coefficient (Wildman–Crippen LogP) is 1.83. The second-order valence-electron chi connectivity index (χ2n) is 17.5. The summed E-state index contributed by atoms with van der Waals surface area (Å²) in [6.07, 6.45) is 8.27. The Labute approximate surface area is 740 Å². The quantitative estimate of drug-likeness (QED) is 0.0148. The van der Waals surface area contributed by atoms with E-state index >= 15 is 0 Å². The number of aliphatic hydroxyl groups excluding tert-OH is 1. The van der Waals surface area contributed by atoms with Gasteiger partial charge in [-0.05, 0) is 85.6 Å². The molecule has 0 unspecified atom stereocenters. The van der Waals surface area contributed by atoms with Gasteiger partial charge in [0.15, 0.2) is 6.29 Å². The Hall–Kier alpha value is -4.21. The minimum atomic E-state index is -3.72. The van der Waals surface area contributed by atoms with E-state index in [0.717, 1.165) is 39.6 Å². The number of esters is 3. The number of aldehydes is 1. The van der Waals surface area contributed by atoms with Crippen molar-refractivity contribution in [3.8, 4) is 34.1 Å². The Morgan fingerprint density at radius 3 is 1.42 bits per heavy atom. The van der Waals surface area contributed by atoms with Crippen molar-refractivity contribution in [2.75, 3.05) is 85.9 Å². The number of fused-ring (bicyclic) bond motifs is 1. The van der Waals surface area contributed by atoms with Gasteiger partial charge in [-0.2, -0.15) is 8.42 Å². The zero-order chi connectivity index (χ0) is 75.4. The molecular weight excluding hydrogens is 1630 g/mol. The number of methoxy groups -OCH3 is 5. The first-order chi connectivity index (χ1) is 46.9. The molecule has 546 valence electrons. The van der Waals surface area contributed by atoms with Crippen LogP contribution in [0.1, 0.15) is 58.9 Å². The molecule has 0 amide bonds. The van der Waals surface area contributed by atoms with Crippen molar-refractivity contribution in [1.82, 2.24) is 29.5 Å². The third-order valence-corrected chi connectivity index (χ3v) is 12.8. The van der Waals surface area contributed by atoms with E-state index in [4.69, 9.17) is 129 Å². The van der Waals surface area contributed by atoms with Crippen LogP contribution in [0.25, 0.3) is 22.0 Å². The number of aromatic nitrogens is 6. The predicted molar refractivity (Wildman–Crippen MR) is 377 cm³/mol. The number of nitrogens with one attached hydrogen (secondary N) is 3. The maximum atomic E-state index is 12.7. The zero-order valence-corrected chi connectivity index (χ0v) is 71.9. The molecule has 0 aliphatic heterocycles. The summed E-state index contributed by atoms with van der Waals surface area (Å²) in [5, 5.41) is 28.6. The molecule has 0 saturated carbocycles. The first-order valence-corrected chi connectivity index (χ1v) is 33.4. The van der Waals surface area contributed by atoms with Gasteiger partial charge in [0.25, 0.3) is 12.0 Å². The molecule has 8 aromatic rings. The van der Waals surface area contributed by atoms with Crippen LogP contribution >= 0.6 is 91.0 Å². The normalized spacial score (nSPS) is 9.25. The van der Waals surface area contributed by atoms with Crippen LogP contribution in [0.3, 0.4) is 0 Å². The summed E-state index contributed by atoms with van der Waals surface area (Å²) in [7, 11) is 19.4. The number of benzene rings is 2. The van der Waals surface area contributed by atoms with Crippen LogP contribution in [-0.2, 0) is 79.5 Å². The summed E-state index contributed by atoms with van der Waals surface area (Å²) in [4.78, 5) is 87.2. The SMILES string of the molecule is CCOC(=O)c1cnc(Cl)cc1Cl.CCOC(=O)c1cnc(Cl)cc1NC.CNc1cc(Cl)ncc1C=O.CNc1cc(Cl)ncc1CO.COC(=O)Cc1cc(OC)cc(OC)c1.COc1cc(OC)cc(-c2cc3cnc(Cl)cc3n(C)c2=O)c1.O=CO[O-].O=S(=O)(Cl)Cl.[B].[H-].[H-].[K+].[K+].[Li+].[O]=[Mn]=[O]. The van der Waals surface area contributed by atoms with Gasteiger partial charge < -0.3 is 71.8 Å². The Balaban J connectivity index is -0.000000214. The molecule has 3 radical (unpaired) electrons. The van der Waals surface area contributed by atoms with E-state index in [1.807, 2.05) is 0 Å². The van der Waals surface area contributed by atoms with E-state index in [1.165, 1.54) is 31.8 Å². The number of carbonyl (C=O) groups is 5. The van der Waals surface area contributed by atoms with Crippen LogP contribution in [0.5, 0.6) is 23.0 Å². The van der Waals surface area contributed by atoms with Crippen molar-refractivity contribution >= 4 is 166 Å². The Kier molecular flexibility index (Phi) is 63.4. The van der Waals surface area contributed by atoms with Crippen molar-refractivity contribution in [2.45, 2.75) is 26.9 Å². The molecule has 0 atom stereocenters. The molecule has 0 saturated heterocycles. The van der Waals surface area contributed by atoms with Crippen molar-refractivity contribution in [1.29, 1.82) is 0 Å². The van der Waals surface area contributed by atoms with E-state index in [1.54, 1.807) is 154 Å². The molecule has 29 nitrogen and oxygen atoms in total. The number of carbonyl (C=O) groups excluding carboxylic acids is 5. The van der Waals surface area contributed by atoms with Gasteiger partial charge >= 0.3 is 170 Å². The summed E-state index contributed by atoms with van der Waals surface area (Å²) in [5.41, 5.74) is 6.66. The van der Waals surface area contributed by atoms with Crippen LogP contribution in [0.2, 0.25) is 30.8 Å². The zero-order valence-electron chi connectivity index (χ0n) is 59.6. The van der Waals surface area contributed by atoms with Crippen LogP contribution in [0, 0.1) is 0 Å². The number of hydrogen-bond acceptors (Lipinski definition) is 28. The van der Waals surface area contributed by atoms with Gasteiger partial charge in [0.2, 0.25) is 0 Å². The Morgan fingerprint density at radius 1 is 0.621 bits per heavy atom. The van der Waals surface area contributed by atoms with Crippen molar-refractivity contribution in [3.05, 3.63) is 173 Å². The number of hydrogen-bond donors (Lipinski definition) is 4. The second kappa shape index (κ2) is 60.8. The van der Waals surface area contributed by atoms with Gasteiger partial charge in [0, 0.05) is 129 Å². The number of aryl methyl sites for hydroxylation is 1. The van der Waals surface area contributed by atoms with Crippen molar-refractivity contribution in [2.24, 2.45) is 7.05 Å². The molecule has 2 aromatic carbocycles. The van der Waals surface area contributed by atoms with Crippen molar-refractivity contribution in [3.63, 3.8) is 0 Å². The fraction of sp³-hybridized carbons (Fsp3) is 0.250. The van der Waals surface area contributed by atoms with Crippen LogP contribution in [-0.4, -0.2) is 152 Å². The first-order valence-electron chi connectivity index (χ1n) is 27.1. The second-order valence-corrected chi connectivity index (χ2v) is 23.7. The third kappa shape index (κ3) is 43.4. The topological polar surface area (TPSA) is 393 Å². The van der Waals surface area contributed by atoms with E-state index in [9.17, 15) is 24.0 Å². The monoisotopic (exact) mass is 1700 g/mol. The molecule has 0 aliphatic carbocycles. The molecule has 103 heavy (non-hydrogen) atoms. The molecule has 6 aromatic heterocycles. The average Bonchev–Trinajstić information content (AvgIpc) is 0.776. The molecule has 43 heteroatoms. The molecule has 0 fully saturated rings. The van der Waals surface area contributed by atoms with Crippen LogP contribution in [0.4, 0.5) is 17.1 Å². The average molecular weight is 1700 g/mol. The van der Waals surface area contributed by atoms with Crippen molar-refractivity contribution < 1.29 is 228 Å². The fourth-order valence-corrected chi connectivity index (χ4v) is 8.13. The summed E-state index contributed by atoms with van der Waals surface area (Å²) < 4.78 is 71.6. The Bertz CT molecular complexity index is 4120. The summed E-state index contributed by atoms with van der Waals surface area (Å²) >= 11 is 32.6. The van der Waals surface area contributed by atoms with Gasteiger partial charge in [-0.1, -0.05) is 69.6 Å². The fourth-order valence-electron chi connectivity index (χ4n) is 7.06. The molecule has 8 rings (SSSR count). The number of halogens is 8. The number of anilines is 3. The van der Waals surface area contributed by atoms with E-state index in [0.29, 0.717) is 84.9 Å². The summed E-state index contributed by atoms with van der Waals surface area (Å²) in [6.45, 7) is 3.90. The number of ether oxygens (including phenoxy) is 7. The molecule has 0 spiro atoms. The molecule has 6 heterocycles. The number of nitrogens with zero attached hydrogens (tertiary/aromatic N) is 6. The molecular formula is C60H66BCl8K2LiMnN9O20S. The number of pyridine rings is 6. The Morgan fingerprint density at radius 2 is 1.01 bits per heavy atom. The van der Waals surface area contributed by atoms with E-state index in [-0.39, 0.29) is 180 Å². The van der Waals surface area contributed by atoms with Gasteiger partial charge in [-0.15, -0.1) is 0 Å². The summed E-state index contributed by atoms with van der Waals surface area (Å²) in [6, 6.07) is 20.4. The van der Waals surface area contributed by atoms with Gasteiger partial charge in [0.1, 0.15) is 54.3 Å². The van der Waals surface area contributed by atoms with Gasteiger partial charge in [-0.3, -0.25) is 19.2 Å². The van der Waals surface area contributed by atoms with E-state index in [2.05, 4.69) is 71.9 Å². The molecule has 0 aliphatic rings. The molecule has 0 bridgehead atoms.